The van der Waals surface area contributed by atoms with Gasteiger partial charge in [0.15, 0.2) is 11.6 Å². The van der Waals surface area contributed by atoms with E-state index in [1.165, 1.54) is 0 Å². The van der Waals surface area contributed by atoms with Crippen LogP contribution in [-0.4, -0.2) is 11.6 Å². The van der Waals surface area contributed by atoms with E-state index < -0.39 is 0 Å². The highest BCUT2D eigenvalue weighted by molar-refractivity contribution is 6.04. The van der Waals surface area contributed by atoms with Crippen molar-refractivity contribution in [2.75, 3.05) is 0 Å². The van der Waals surface area contributed by atoms with Crippen LogP contribution in [0.5, 0.6) is 0 Å². The molecule has 3 aliphatic rings. The maximum atomic E-state index is 12.2. The zero-order chi connectivity index (χ0) is 13.4. The van der Waals surface area contributed by atoms with Crippen molar-refractivity contribution in [1.82, 2.24) is 0 Å². The van der Waals surface area contributed by atoms with Gasteiger partial charge in [0, 0.05) is 42.7 Å². The second-order valence-corrected chi connectivity index (χ2v) is 5.67. The summed E-state index contributed by atoms with van der Waals surface area (Å²) in [5.41, 5.74) is 1.64. The average molecular weight is 260 g/mol. The minimum atomic E-state index is 0.0179. The molecule has 0 fully saturated rings. The van der Waals surface area contributed by atoms with Gasteiger partial charge < -0.3 is 4.74 Å². The van der Waals surface area contributed by atoms with Gasteiger partial charge in [-0.3, -0.25) is 9.59 Å². The largest absolute Gasteiger partial charge is 0.465 e. The topological polar surface area (TPSA) is 43.4 Å². The maximum Gasteiger partial charge on any atom is 0.162 e. The van der Waals surface area contributed by atoms with Crippen molar-refractivity contribution in [2.24, 2.45) is 5.92 Å². The number of hydrogen-bond acceptors (Lipinski definition) is 3. The van der Waals surface area contributed by atoms with Gasteiger partial charge in [-0.2, -0.15) is 0 Å². The van der Waals surface area contributed by atoms with E-state index in [4.69, 9.17) is 4.74 Å². The molecule has 0 spiro atoms. The molecule has 0 atom stereocenters. The van der Waals surface area contributed by atoms with Crippen LogP contribution in [0.15, 0.2) is 22.7 Å². The quantitative estimate of drug-likeness (QED) is 0.763. The third kappa shape index (κ3) is 2.05. The van der Waals surface area contributed by atoms with E-state index in [9.17, 15) is 9.59 Å². The van der Waals surface area contributed by atoms with Crippen molar-refractivity contribution in [3.63, 3.8) is 0 Å². The van der Waals surface area contributed by atoms with E-state index in [-0.39, 0.29) is 17.5 Å². The molecule has 0 N–H and O–H groups in total. The molecule has 0 radical (unpaired) electrons. The Kier molecular flexibility index (Phi) is 3.29. The second kappa shape index (κ2) is 4.95. The molecule has 0 unspecified atom stereocenters. The predicted molar refractivity (Wildman–Crippen MR) is 71.3 cm³/mol. The maximum absolute atomic E-state index is 12.2. The summed E-state index contributed by atoms with van der Waals surface area (Å²) in [6.07, 6.45) is 6.56. The number of allylic oxidation sites excluding steroid dienone is 4. The molecule has 1 aliphatic heterocycles. The van der Waals surface area contributed by atoms with Crippen LogP contribution in [0.4, 0.5) is 0 Å². The van der Waals surface area contributed by atoms with Gasteiger partial charge in [-0.15, -0.1) is 0 Å². The molecule has 0 bridgehead atoms. The highest BCUT2D eigenvalue weighted by Crippen LogP contribution is 2.44. The molecule has 1 heterocycles. The molecule has 3 rings (SSSR count). The highest BCUT2D eigenvalue weighted by Gasteiger charge is 2.40. The molecule has 0 amide bonds. The van der Waals surface area contributed by atoms with Gasteiger partial charge >= 0.3 is 0 Å². The summed E-state index contributed by atoms with van der Waals surface area (Å²) in [6, 6.07) is 0. The molecule has 0 saturated heterocycles. The summed E-state index contributed by atoms with van der Waals surface area (Å²) in [7, 11) is 0. The third-order valence-electron chi connectivity index (χ3n) is 4.34. The Morgan fingerprint density at radius 2 is 1.47 bits per heavy atom. The molecular formula is C16H20O3. The van der Waals surface area contributed by atoms with Gasteiger partial charge in [-0.05, 0) is 19.3 Å². The van der Waals surface area contributed by atoms with Gasteiger partial charge in [0.25, 0.3) is 0 Å². The lowest BCUT2D eigenvalue weighted by Gasteiger charge is -2.35. The van der Waals surface area contributed by atoms with Gasteiger partial charge in [-0.25, -0.2) is 0 Å². The van der Waals surface area contributed by atoms with Crippen LogP contribution >= 0.6 is 0 Å². The summed E-state index contributed by atoms with van der Waals surface area (Å²) in [6.45, 7) is 2.11. The Morgan fingerprint density at radius 3 is 1.95 bits per heavy atom. The number of carbonyl (C=O) groups excluding carboxylic acids is 2. The van der Waals surface area contributed by atoms with E-state index in [1.807, 2.05) is 0 Å². The fourth-order valence-electron chi connectivity index (χ4n) is 3.53. The van der Waals surface area contributed by atoms with Crippen LogP contribution in [0.25, 0.3) is 0 Å². The molecule has 0 aromatic heterocycles. The molecule has 3 heteroatoms. The molecule has 3 nitrogen and oxygen atoms in total. The summed E-state index contributed by atoms with van der Waals surface area (Å²) in [4.78, 5) is 24.4. The minimum Gasteiger partial charge on any atom is -0.465 e. The smallest absolute Gasteiger partial charge is 0.162 e. The normalized spacial score (nSPS) is 24.3. The number of ether oxygens (including phenoxy) is 1. The standard InChI is InChI=1S/C16H20O3/c1-2-5-10-15-11(17)6-3-8-13(15)19-14-9-4-7-12(18)16(10)14/h10H,2-9H2,1H3. The summed E-state index contributed by atoms with van der Waals surface area (Å²) in [5, 5.41) is 0. The van der Waals surface area contributed by atoms with Gasteiger partial charge in [0.05, 0.1) is 0 Å². The second-order valence-electron chi connectivity index (χ2n) is 5.67. The zero-order valence-electron chi connectivity index (χ0n) is 11.5. The number of hydrogen-bond donors (Lipinski definition) is 0. The minimum absolute atomic E-state index is 0.0179. The molecule has 2 aliphatic carbocycles. The first-order valence-electron chi connectivity index (χ1n) is 7.42. The number of rotatable bonds is 2. The van der Waals surface area contributed by atoms with E-state index in [1.54, 1.807) is 0 Å². The van der Waals surface area contributed by atoms with Crippen LogP contribution in [0.2, 0.25) is 0 Å². The third-order valence-corrected chi connectivity index (χ3v) is 4.34. The van der Waals surface area contributed by atoms with E-state index >= 15 is 0 Å². The van der Waals surface area contributed by atoms with Crippen LogP contribution in [0.1, 0.15) is 58.3 Å². The molecular weight excluding hydrogens is 240 g/mol. The number of ketones is 2. The van der Waals surface area contributed by atoms with Crippen molar-refractivity contribution in [3.05, 3.63) is 22.7 Å². The monoisotopic (exact) mass is 260 g/mol. The number of Topliss-reactive ketones (excluding diaryl/α,β-unsaturated/α-hetero) is 2. The number of carbonyl (C=O) groups is 2. The van der Waals surface area contributed by atoms with E-state index in [0.717, 1.165) is 61.2 Å². The summed E-state index contributed by atoms with van der Waals surface area (Å²) in [5.74, 6) is 2.14. The first-order chi connectivity index (χ1) is 9.22. The summed E-state index contributed by atoms with van der Waals surface area (Å²) >= 11 is 0. The molecule has 102 valence electrons. The average Bonchev–Trinajstić information content (AvgIpc) is 2.38. The van der Waals surface area contributed by atoms with Crippen LogP contribution < -0.4 is 0 Å². The first-order valence-corrected chi connectivity index (χ1v) is 7.42. The Bertz CT molecular complexity index is 454. The Balaban J connectivity index is 2.05. The van der Waals surface area contributed by atoms with Crippen molar-refractivity contribution in [2.45, 2.75) is 58.3 Å². The lowest BCUT2D eigenvalue weighted by molar-refractivity contribution is -0.118. The first kappa shape index (κ1) is 12.6. The van der Waals surface area contributed by atoms with Crippen LogP contribution in [0, 0.1) is 5.92 Å². The van der Waals surface area contributed by atoms with E-state index in [0.29, 0.717) is 12.8 Å². The Hall–Kier alpha value is -1.38. The van der Waals surface area contributed by atoms with E-state index in [2.05, 4.69) is 6.92 Å². The van der Waals surface area contributed by atoms with Gasteiger partial charge in [-0.1, -0.05) is 13.3 Å². The predicted octanol–water partition coefficient (Wildman–Crippen LogP) is 3.45. The fourth-order valence-corrected chi connectivity index (χ4v) is 3.53. The van der Waals surface area contributed by atoms with Gasteiger partial charge in [0.1, 0.15) is 11.5 Å². The molecule has 0 aromatic carbocycles. The molecule has 0 aromatic rings. The molecule has 0 saturated carbocycles. The van der Waals surface area contributed by atoms with Crippen LogP contribution in [0.3, 0.4) is 0 Å². The van der Waals surface area contributed by atoms with Crippen LogP contribution in [-0.2, 0) is 14.3 Å². The van der Waals surface area contributed by atoms with Crippen molar-refractivity contribution in [1.29, 1.82) is 0 Å². The van der Waals surface area contributed by atoms with Crippen molar-refractivity contribution >= 4 is 11.6 Å². The van der Waals surface area contributed by atoms with Crippen molar-refractivity contribution < 1.29 is 14.3 Å². The fraction of sp³-hybridized carbons (Fsp3) is 0.625. The Morgan fingerprint density at radius 1 is 0.947 bits per heavy atom. The molecule has 19 heavy (non-hydrogen) atoms. The SMILES string of the molecule is CCCC1C2=C(CCCC2=O)OC2=C1C(=O)CCC2. The highest BCUT2D eigenvalue weighted by atomic mass is 16.5. The Labute approximate surface area is 113 Å². The lowest BCUT2D eigenvalue weighted by Crippen LogP contribution is -2.31. The zero-order valence-corrected chi connectivity index (χ0v) is 11.5. The van der Waals surface area contributed by atoms with Crippen molar-refractivity contribution in [3.8, 4) is 0 Å². The lowest BCUT2D eigenvalue weighted by atomic mass is 9.74. The van der Waals surface area contributed by atoms with Gasteiger partial charge in [0.2, 0.25) is 0 Å². The summed E-state index contributed by atoms with van der Waals surface area (Å²) < 4.78 is 5.93.